The zero-order valence-corrected chi connectivity index (χ0v) is 15.6. The summed E-state index contributed by atoms with van der Waals surface area (Å²) < 4.78 is 5.53. The lowest BCUT2D eigenvalue weighted by molar-refractivity contribution is -0.121. The van der Waals surface area contributed by atoms with E-state index in [1.165, 1.54) is 0 Å². The molecule has 2 aliphatic heterocycles. The number of ether oxygens (including phenoxy) is 1. The average Bonchev–Trinajstić information content (AvgIpc) is 3.44. The maximum absolute atomic E-state index is 12.4. The highest BCUT2D eigenvalue weighted by Gasteiger charge is 2.40. The lowest BCUT2D eigenvalue weighted by Crippen LogP contribution is -2.44. The van der Waals surface area contributed by atoms with Gasteiger partial charge in [0.25, 0.3) is 0 Å². The van der Waals surface area contributed by atoms with E-state index in [1.54, 1.807) is 0 Å². The van der Waals surface area contributed by atoms with Gasteiger partial charge in [-0.1, -0.05) is 23.7 Å². The Morgan fingerprint density at radius 2 is 2.08 bits per heavy atom. The fourth-order valence-corrected chi connectivity index (χ4v) is 3.68. The van der Waals surface area contributed by atoms with Gasteiger partial charge in [-0.2, -0.15) is 10.2 Å². The number of hydrogen-bond acceptors (Lipinski definition) is 4. The van der Waals surface area contributed by atoms with Crippen molar-refractivity contribution in [2.24, 2.45) is 10.2 Å². The molecule has 1 fully saturated rings. The Bertz CT molecular complexity index is 714. The van der Waals surface area contributed by atoms with Crippen molar-refractivity contribution in [2.45, 2.75) is 49.6 Å². The number of nitrogens with one attached hydrogen (secondary N) is 1. The summed E-state index contributed by atoms with van der Waals surface area (Å²) in [6, 6.07) is 7.91. The first-order valence-electron chi connectivity index (χ1n) is 9.06. The number of halogens is 1. The zero-order valence-electron chi connectivity index (χ0n) is 14.8. The van der Waals surface area contributed by atoms with E-state index in [-0.39, 0.29) is 11.3 Å². The van der Waals surface area contributed by atoms with E-state index in [2.05, 4.69) is 27.5 Å². The molecule has 2 aliphatic rings. The molecule has 26 heavy (non-hydrogen) atoms. The van der Waals surface area contributed by atoms with Gasteiger partial charge in [-0.3, -0.25) is 4.79 Å². The van der Waals surface area contributed by atoms with Crippen molar-refractivity contribution < 1.29 is 9.53 Å². The Hall–Kier alpha value is -1.90. The molecule has 0 saturated carbocycles. The second kappa shape index (κ2) is 8.20. The number of rotatable bonds is 8. The summed E-state index contributed by atoms with van der Waals surface area (Å²) in [5, 5.41) is 12.0. The van der Waals surface area contributed by atoms with Crippen LogP contribution < -0.4 is 5.32 Å². The monoisotopic (exact) mass is 373 g/mol. The molecule has 0 bridgehead atoms. The van der Waals surface area contributed by atoms with Crippen molar-refractivity contribution in [3.8, 4) is 12.3 Å². The van der Waals surface area contributed by atoms with E-state index in [4.69, 9.17) is 22.8 Å². The molecular weight excluding hydrogens is 350 g/mol. The van der Waals surface area contributed by atoms with Crippen LogP contribution in [0.15, 0.2) is 34.5 Å². The highest BCUT2D eigenvalue weighted by Crippen LogP contribution is 2.38. The van der Waals surface area contributed by atoms with Crippen molar-refractivity contribution in [3.05, 3.63) is 34.9 Å². The average molecular weight is 374 g/mol. The van der Waals surface area contributed by atoms with E-state index >= 15 is 0 Å². The molecular formula is C20H24ClN3O2. The van der Waals surface area contributed by atoms with Crippen LogP contribution in [0.5, 0.6) is 0 Å². The maximum Gasteiger partial charge on any atom is 0.220 e. The van der Waals surface area contributed by atoms with Crippen molar-refractivity contribution in [3.63, 3.8) is 0 Å². The number of nitrogens with zero attached hydrogens (tertiary/aromatic N) is 2. The summed E-state index contributed by atoms with van der Waals surface area (Å²) in [6.45, 7) is 1.96. The van der Waals surface area contributed by atoms with Gasteiger partial charge < -0.3 is 10.1 Å². The molecule has 1 aromatic carbocycles. The van der Waals surface area contributed by atoms with Gasteiger partial charge in [-0.05, 0) is 30.5 Å². The zero-order chi connectivity index (χ0) is 18.5. The Labute approximate surface area is 159 Å². The second-order valence-electron chi connectivity index (χ2n) is 7.07. The van der Waals surface area contributed by atoms with Crippen LogP contribution in [0.1, 0.15) is 44.1 Å². The number of hydrogen-bond donors (Lipinski definition) is 1. The molecule has 0 unspecified atom stereocenters. The summed E-state index contributed by atoms with van der Waals surface area (Å²) >= 11 is 6.18. The van der Waals surface area contributed by atoms with Gasteiger partial charge in [-0.25, -0.2) is 0 Å². The molecule has 1 aromatic rings. The minimum absolute atomic E-state index is 0.0234. The number of terminal acetylenes is 1. The Kier molecular flexibility index (Phi) is 5.95. The molecule has 1 N–H and O–H groups in total. The topological polar surface area (TPSA) is 63.0 Å². The molecule has 0 aromatic heterocycles. The van der Waals surface area contributed by atoms with Crippen molar-refractivity contribution in [1.29, 1.82) is 0 Å². The van der Waals surface area contributed by atoms with Crippen LogP contribution in [0.4, 0.5) is 0 Å². The summed E-state index contributed by atoms with van der Waals surface area (Å²) in [5.41, 5.74) is 0.618. The van der Waals surface area contributed by atoms with Gasteiger partial charge >= 0.3 is 0 Å². The first-order chi connectivity index (χ1) is 12.6. The van der Waals surface area contributed by atoms with E-state index in [9.17, 15) is 4.79 Å². The summed E-state index contributed by atoms with van der Waals surface area (Å²) in [5.74, 6) is 2.63. The van der Waals surface area contributed by atoms with Gasteiger partial charge in [-0.15, -0.1) is 12.3 Å². The van der Waals surface area contributed by atoms with Crippen molar-refractivity contribution in [1.82, 2.24) is 5.32 Å². The number of benzene rings is 1. The molecule has 1 saturated heterocycles. The van der Waals surface area contributed by atoms with Crippen LogP contribution in [-0.2, 0) is 14.9 Å². The highest BCUT2D eigenvalue weighted by atomic mass is 35.5. The molecule has 6 heteroatoms. The minimum Gasteiger partial charge on any atom is -0.381 e. The standard InChI is InChI=1S/C20H24ClN3O2/c1-2-3-8-20(23-24-20)9-7-18(25)22-15-19(10-12-26-13-11-19)16-5-4-6-17(21)14-16/h1,4-6,14H,3,7-13,15H2,(H,22,25). The van der Waals surface area contributed by atoms with Crippen LogP contribution in [0.25, 0.3) is 0 Å². The lowest BCUT2D eigenvalue weighted by Gasteiger charge is -2.38. The van der Waals surface area contributed by atoms with E-state index < -0.39 is 5.66 Å². The van der Waals surface area contributed by atoms with E-state index in [1.807, 2.05) is 18.2 Å². The quantitative estimate of drug-likeness (QED) is 0.703. The normalized spacial score (nSPS) is 19.5. The van der Waals surface area contributed by atoms with Crippen LogP contribution >= 0.6 is 11.6 Å². The first kappa shape index (κ1) is 18.9. The summed E-state index contributed by atoms with van der Waals surface area (Å²) in [7, 11) is 0. The largest absolute Gasteiger partial charge is 0.381 e. The van der Waals surface area contributed by atoms with Crippen LogP contribution in [-0.4, -0.2) is 31.3 Å². The Morgan fingerprint density at radius 1 is 1.31 bits per heavy atom. The van der Waals surface area contributed by atoms with Crippen molar-refractivity contribution in [2.75, 3.05) is 19.8 Å². The van der Waals surface area contributed by atoms with Gasteiger partial charge in [0.15, 0.2) is 5.66 Å². The number of carbonyl (C=O) groups is 1. The third kappa shape index (κ3) is 4.63. The molecule has 0 radical (unpaired) electrons. The molecule has 0 aliphatic carbocycles. The predicted octanol–water partition coefficient (Wildman–Crippen LogP) is 3.86. The van der Waals surface area contributed by atoms with E-state index in [0.29, 0.717) is 44.0 Å². The maximum atomic E-state index is 12.4. The first-order valence-corrected chi connectivity index (χ1v) is 9.43. The molecule has 3 rings (SSSR count). The fourth-order valence-electron chi connectivity index (χ4n) is 3.49. The predicted molar refractivity (Wildman–Crippen MR) is 101 cm³/mol. The lowest BCUT2D eigenvalue weighted by atomic mass is 9.74. The number of amides is 1. The van der Waals surface area contributed by atoms with Crippen LogP contribution in [0.3, 0.4) is 0 Å². The molecule has 5 nitrogen and oxygen atoms in total. The van der Waals surface area contributed by atoms with Gasteiger partial charge in [0.1, 0.15) is 0 Å². The third-order valence-electron chi connectivity index (χ3n) is 5.32. The van der Waals surface area contributed by atoms with Crippen LogP contribution in [0, 0.1) is 12.3 Å². The molecule has 2 heterocycles. The van der Waals surface area contributed by atoms with Crippen molar-refractivity contribution >= 4 is 17.5 Å². The Balaban J connectivity index is 1.56. The molecule has 1 amide bonds. The molecule has 0 atom stereocenters. The van der Waals surface area contributed by atoms with Gasteiger partial charge in [0.2, 0.25) is 5.91 Å². The van der Waals surface area contributed by atoms with Gasteiger partial charge in [0.05, 0.1) is 0 Å². The summed E-state index contributed by atoms with van der Waals surface area (Å²) in [6.07, 6.45) is 9.40. The minimum atomic E-state index is -0.410. The SMILES string of the molecule is C#CCCC1(CCC(=O)NCC2(c3cccc(Cl)c3)CCOCC2)N=N1. The molecule has 138 valence electrons. The number of carbonyl (C=O) groups excluding carboxylic acids is 1. The highest BCUT2D eigenvalue weighted by molar-refractivity contribution is 6.30. The van der Waals surface area contributed by atoms with E-state index in [0.717, 1.165) is 24.8 Å². The fraction of sp³-hybridized carbons (Fsp3) is 0.550. The third-order valence-corrected chi connectivity index (χ3v) is 5.55. The Morgan fingerprint density at radius 3 is 2.73 bits per heavy atom. The summed E-state index contributed by atoms with van der Waals surface area (Å²) in [4.78, 5) is 12.4. The molecule has 0 spiro atoms. The van der Waals surface area contributed by atoms with Crippen LogP contribution in [0.2, 0.25) is 5.02 Å². The van der Waals surface area contributed by atoms with Gasteiger partial charge in [0, 0.05) is 55.9 Å². The second-order valence-corrected chi connectivity index (χ2v) is 7.50. The smallest absolute Gasteiger partial charge is 0.220 e.